The SMILES string of the molecule is OCCCCC#Cc1ccc2ccccc2n1. The van der Waals surface area contributed by atoms with Crippen molar-refractivity contribution in [1.29, 1.82) is 0 Å². The second kappa shape index (κ2) is 6.03. The summed E-state index contributed by atoms with van der Waals surface area (Å²) in [5.41, 5.74) is 1.79. The third kappa shape index (κ3) is 3.30. The van der Waals surface area contributed by atoms with Crippen molar-refractivity contribution in [3.8, 4) is 11.8 Å². The van der Waals surface area contributed by atoms with Crippen molar-refractivity contribution in [3.63, 3.8) is 0 Å². The second-order valence-corrected chi connectivity index (χ2v) is 3.87. The Morgan fingerprint density at radius 1 is 1.06 bits per heavy atom. The molecule has 0 atom stereocenters. The van der Waals surface area contributed by atoms with E-state index in [2.05, 4.69) is 16.8 Å². The molecule has 0 unspecified atom stereocenters. The van der Waals surface area contributed by atoms with Crippen molar-refractivity contribution >= 4 is 10.9 Å². The van der Waals surface area contributed by atoms with Crippen LogP contribution in [0.15, 0.2) is 36.4 Å². The second-order valence-electron chi connectivity index (χ2n) is 3.87. The topological polar surface area (TPSA) is 33.1 Å². The molecule has 1 heterocycles. The Kier molecular flexibility index (Phi) is 4.12. The number of rotatable bonds is 3. The molecule has 2 nitrogen and oxygen atoms in total. The van der Waals surface area contributed by atoms with Crippen LogP contribution in [0, 0.1) is 11.8 Å². The van der Waals surface area contributed by atoms with Gasteiger partial charge in [0.2, 0.25) is 0 Å². The number of aliphatic hydroxyl groups excluding tert-OH is 1. The van der Waals surface area contributed by atoms with Gasteiger partial charge < -0.3 is 5.11 Å². The average Bonchev–Trinajstić information content (AvgIpc) is 2.38. The number of fused-ring (bicyclic) bond motifs is 1. The summed E-state index contributed by atoms with van der Waals surface area (Å²) >= 11 is 0. The molecule has 0 saturated heterocycles. The summed E-state index contributed by atoms with van der Waals surface area (Å²) in [5, 5.41) is 9.78. The van der Waals surface area contributed by atoms with Crippen LogP contribution in [0.25, 0.3) is 10.9 Å². The van der Waals surface area contributed by atoms with Crippen molar-refractivity contribution in [2.75, 3.05) is 6.61 Å². The van der Waals surface area contributed by atoms with E-state index in [9.17, 15) is 0 Å². The maximum atomic E-state index is 8.64. The van der Waals surface area contributed by atoms with E-state index in [-0.39, 0.29) is 6.61 Å². The van der Waals surface area contributed by atoms with Crippen molar-refractivity contribution in [1.82, 2.24) is 4.98 Å². The van der Waals surface area contributed by atoms with Gasteiger partial charge in [0, 0.05) is 18.4 Å². The summed E-state index contributed by atoms with van der Waals surface area (Å²) < 4.78 is 0. The van der Waals surface area contributed by atoms with Crippen molar-refractivity contribution in [3.05, 3.63) is 42.1 Å². The van der Waals surface area contributed by atoms with Crippen molar-refractivity contribution in [2.24, 2.45) is 0 Å². The van der Waals surface area contributed by atoms with E-state index in [0.29, 0.717) is 0 Å². The van der Waals surface area contributed by atoms with Gasteiger partial charge in [-0.1, -0.05) is 30.2 Å². The first kappa shape index (κ1) is 11.6. The smallest absolute Gasteiger partial charge is 0.113 e. The molecule has 0 aliphatic rings. The summed E-state index contributed by atoms with van der Waals surface area (Å²) in [4.78, 5) is 4.47. The number of aliphatic hydroxyl groups is 1. The minimum absolute atomic E-state index is 0.246. The molecule has 0 radical (unpaired) electrons. The molecule has 1 aromatic heterocycles. The number of hydrogen-bond donors (Lipinski definition) is 1. The number of benzene rings is 1. The first-order valence-electron chi connectivity index (χ1n) is 5.86. The monoisotopic (exact) mass is 225 g/mol. The van der Waals surface area contributed by atoms with E-state index in [1.54, 1.807) is 0 Å². The zero-order valence-electron chi connectivity index (χ0n) is 9.69. The van der Waals surface area contributed by atoms with Gasteiger partial charge in [0.25, 0.3) is 0 Å². The van der Waals surface area contributed by atoms with Crippen LogP contribution in [0.2, 0.25) is 0 Å². The lowest BCUT2D eigenvalue weighted by atomic mass is 10.2. The van der Waals surface area contributed by atoms with Crippen molar-refractivity contribution < 1.29 is 5.11 Å². The fraction of sp³-hybridized carbons (Fsp3) is 0.267. The molecule has 0 spiro atoms. The first-order chi connectivity index (χ1) is 8.40. The maximum absolute atomic E-state index is 8.64. The quantitative estimate of drug-likeness (QED) is 0.643. The lowest BCUT2D eigenvalue weighted by Crippen LogP contribution is -1.84. The van der Waals surface area contributed by atoms with E-state index in [0.717, 1.165) is 35.9 Å². The highest BCUT2D eigenvalue weighted by atomic mass is 16.2. The number of aromatic nitrogens is 1. The van der Waals surface area contributed by atoms with Crippen molar-refractivity contribution in [2.45, 2.75) is 19.3 Å². The van der Waals surface area contributed by atoms with Gasteiger partial charge in [-0.05, 0) is 30.9 Å². The van der Waals surface area contributed by atoms with Gasteiger partial charge in [-0.15, -0.1) is 0 Å². The molecule has 0 aliphatic heterocycles. The number of hydrogen-bond acceptors (Lipinski definition) is 2. The van der Waals surface area contributed by atoms with Gasteiger partial charge in [0.15, 0.2) is 0 Å². The van der Waals surface area contributed by atoms with Gasteiger partial charge in [-0.2, -0.15) is 0 Å². The Morgan fingerprint density at radius 2 is 1.94 bits per heavy atom. The standard InChI is InChI=1S/C15H15NO/c17-12-6-2-1-3-8-14-11-10-13-7-4-5-9-15(13)16-14/h4-5,7,9-11,17H,1-2,6,12H2. The van der Waals surface area contributed by atoms with Gasteiger partial charge in [-0.25, -0.2) is 4.98 Å². The summed E-state index contributed by atoms with van der Waals surface area (Å²) in [6.45, 7) is 0.246. The lowest BCUT2D eigenvalue weighted by Gasteiger charge is -1.96. The van der Waals surface area contributed by atoms with Crippen LogP contribution in [-0.4, -0.2) is 16.7 Å². The molecule has 0 aliphatic carbocycles. The highest BCUT2D eigenvalue weighted by Crippen LogP contribution is 2.11. The average molecular weight is 225 g/mol. The van der Waals surface area contributed by atoms with Crippen LogP contribution in [0.5, 0.6) is 0 Å². The van der Waals surface area contributed by atoms with Crippen LogP contribution in [0.3, 0.4) is 0 Å². The molecule has 1 aromatic carbocycles. The van der Waals surface area contributed by atoms with E-state index >= 15 is 0 Å². The lowest BCUT2D eigenvalue weighted by molar-refractivity contribution is 0.285. The minimum atomic E-state index is 0.246. The Labute approximate surface area is 101 Å². The Bertz CT molecular complexity index is 551. The fourth-order valence-electron chi connectivity index (χ4n) is 1.61. The largest absolute Gasteiger partial charge is 0.396 e. The van der Waals surface area contributed by atoms with Crippen LogP contribution in [-0.2, 0) is 0 Å². The summed E-state index contributed by atoms with van der Waals surface area (Å²) in [6, 6.07) is 12.0. The summed E-state index contributed by atoms with van der Waals surface area (Å²) in [6.07, 6.45) is 2.58. The molecule has 1 N–H and O–H groups in total. The van der Waals surface area contributed by atoms with Crippen LogP contribution < -0.4 is 0 Å². The first-order valence-corrected chi connectivity index (χ1v) is 5.86. The Balaban J connectivity index is 2.08. The molecule has 0 fully saturated rings. The zero-order chi connectivity index (χ0) is 11.9. The third-order valence-electron chi connectivity index (χ3n) is 2.52. The molecule has 0 bridgehead atoms. The number of unbranched alkanes of at least 4 members (excludes halogenated alkanes) is 2. The highest BCUT2D eigenvalue weighted by Gasteiger charge is 1.93. The number of para-hydroxylation sites is 1. The predicted molar refractivity (Wildman–Crippen MR) is 69.6 cm³/mol. The molecule has 86 valence electrons. The van der Waals surface area contributed by atoms with Gasteiger partial charge in [-0.3, -0.25) is 0 Å². The molecule has 2 rings (SSSR count). The number of pyridine rings is 1. The molecular formula is C15H15NO. The van der Waals surface area contributed by atoms with Crippen LogP contribution in [0.1, 0.15) is 25.0 Å². The van der Waals surface area contributed by atoms with E-state index < -0.39 is 0 Å². The predicted octanol–water partition coefficient (Wildman–Crippen LogP) is 2.75. The molecular weight excluding hydrogens is 210 g/mol. The fourth-order valence-corrected chi connectivity index (χ4v) is 1.61. The number of nitrogens with zero attached hydrogens (tertiary/aromatic N) is 1. The van der Waals surface area contributed by atoms with Gasteiger partial charge in [0.1, 0.15) is 5.69 Å². The minimum Gasteiger partial charge on any atom is -0.396 e. The highest BCUT2D eigenvalue weighted by molar-refractivity contribution is 5.78. The molecule has 17 heavy (non-hydrogen) atoms. The normalized spacial score (nSPS) is 9.94. The van der Waals surface area contributed by atoms with E-state index in [1.807, 2.05) is 36.4 Å². The van der Waals surface area contributed by atoms with Crippen LogP contribution >= 0.6 is 0 Å². The van der Waals surface area contributed by atoms with Gasteiger partial charge in [0.05, 0.1) is 5.52 Å². The Hall–Kier alpha value is -1.85. The Morgan fingerprint density at radius 3 is 2.82 bits per heavy atom. The zero-order valence-corrected chi connectivity index (χ0v) is 9.69. The van der Waals surface area contributed by atoms with E-state index in [1.165, 1.54) is 0 Å². The molecule has 2 heteroatoms. The third-order valence-corrected chi connectivity index (χ3v) is 2.52. The van der Waals surface area contributed by atoms with Gasteiger partial charge >= 0.3 is 0 Å². The summed E-state index contributed by atoms with van der Waals surface area (Å²) in [7, 11) is 0. The maximum Gasteiger partial charge on any atom is 0.113 e. The van der Waals surface area contributed by atoms with Crippen LogP contribution in [0.4, 0.5) is 0 Å². The molecule has 0 amide bonds. The molecule has 2 aromatic rings. The van der Waals surface area contributed by atoms with E-state index in [4.69, 9.17) is 5.11 Å². The molecule has 0 saturated carbocycles. The summed E-state index contributed by atoms with van der Waals surface area (Å²) in [5.74, 6) is 6.13.